The lowest BCUT2D eigenvalue weighted by Crippen LogP contribution is -2.25. The lowest BCUT2D eigenvalue weighted by atomic mass is 9.78. The van der Waals surface area contributed by atoms with Gasteiger partial charge in [-0.2, -0.15) is 0 Å². The summed E-state index contributed by atoms with van der Waals surface area (Å²) in [6, 6.07) is 11.6. The van der Waals surface area contributed by atoms with Crippen molar-refractivity contribution in [1.29, 1.82) is 0 Å². The predicted octanol–water partition coefficient (Wildman–Crippen LogP) is 6.74. The Morgan fingerprint density at radius 2 is 1.47 bits per heavy atom. The lowest BCUT2D eigenvalue weighted by molar-refractivity contribution is -0.0122. The fourth-order valence-electron chi connectivity index (χ4n) is 3.01. The molecule has 0 aliphatic heterocycles. The van der Waals surface area contributed by atoms with Crippen LogP contribution in [0, 0.1) is 5.92 Å². The van der Waals surface area contributed by atoms with Crippen LogP contribution in [0.2, 0.25) is 10.0 Å². The van der Waals surface area contributed by atoms with E-state index in [9.17, 15) is 5.11 Å². The summed E-state index contributed by atoms with van der Waals surface area (Å²) in [4.78, 5) is 0. The summed E-state index contributed by atoms with van der Waals surface area (Å²) in [5.74, 6) is 1.87. The molecule has 0 fully saturated rings. The summed E-state index contributed by atoms with van der Waals surface area (Å²) in [5.41, 5.74) is 1.70. The predicted molar refractivity (Wildman–Crippen MR) is 133 cm³/mol. The maximum absolute atomic E-state index is 9.96. The number of aliphatic hydroxyl groups is 1. The summed E-state index contributed by atoms with van der Waals surface area (Å²) in [5, 5.41) is 10.9. The van der Waals surface area contributed by atoms with Crippen molar-refractivity contribution in [3.05, 3.63) is 57.6 Å². The van der Waals surface area contributed by atoms with Gasteiger partial charge in [-0.1, -0.05) is 56.1 Å². The molecule has 0 aliphatic rings. The molecule has 2 atom stereocenters. The molecule has 0 aromatic heterocycles. The number of alkyl halides is 1. The van der Waals surface area contributed by atoms with Crippen LogP contribution >= 0.6 is 34.8 Å². The van der Waals surface area contributed by atoms with Crippen LogP contribution in [0.5, 0.6) is 11.5 Å². The van der Waals surface area contributed by atoms with E-state index in [2.05, 4.69) is 13.8 Å². The van der Waals surface area contributed by atoms with Crippen molar-refractivity contribution in [2.45, 2.75) is 52.2 Å². The molecule has 7 heteroatoms. The van der Waals surface area contributed by atoms with Crippen LogP contribution in [0.3, 0.4) is 0 Å². The van der Waals surface area contributed by atoms with Gasteiger partial charge in [-0.3, -0.25) is 0 Å². The summed E-state index contributed by atoms with van der Waals surface area (Å²) >= 11 is 18.8. The van der Waals surface area contributed by atoms with E-state index < -0.39 is 6.10 Å². The summed E-state index contributed by atoms with van der Waals surface area (Å²) < 4.78 is 16.9. The maximum Gasteiger partial charge on any atom is 0.156 e. The number of hydrogen-bond acceptors (Lipinski definition) is 4. The number of aliphatic hydroxyl groups excluding tert-OH is 1. The first-order valence-corrected chi connectivity index (χ1v) is 12.0. The smallest absolute Gasteiger partial charge is 0.156 e. The van der Waals surface area contributed by atoms with E-state index in [4.69, 9.17) is 49.0 Å². The molecule has 1 N–H and O–H groups in total. The lowest BCUT2D eigenvalue weighted by Gasteiger charge is -2.27. The first kappa shape index (κ1) is 27.1. The zero-order valence-electron chi connectivity index (χ0n) is 19.3. The highest BCUT2D eigenvalue weighted by Gasteiger charge is 2.26. The van der Waals surface area contributed by atoms with Crippen molar-refractivity contribution in [2.75, 3.05) is 25.7 Å². The van der Waals surface area contributed by atoms with Gasteiger partial charge in [-0.05, 0) is 49.2 Å². The average Bonchev–Trinajstić information content (AvgIpc) is 2.75. The van der Waals surface area contributed by atoms with Gasteiger partial charge in [0.2, 0.25) is 0 Å². The van der Waals surface area contributed by atoms with Gasteiger partial charge in [0.25, 0.3) is 0 Å². The van der Waals surface area contributed by atoms with Gasteiger partial charge < -0.3 is 19.3 Å². The monoisotopic (exact) mass is 502 g/mol. The third kappa shape index (κ3) is 7.71. The average molecular weight is 504 g/mol. The van der Waals surface area contributed by atoms with Crippen LogP contribution in [-0.2, 0) is 10.2 Å². The third-order valence-corrected chi connectivity index (χ3v) is 6.22. The Kier molecular flexibility index (Phi) is 10.4. The first-order chi connectivity index (χ1) is 15.0. The van der Waals surface area contributed by atoms with Gasteiger partial charge in [0.1, 0.15) is 18.5 Å². The molecule has 0 saturated carbocycles. The Bertz CT molecular complexity index is 830. The second kappa shape index (κ2) is 12.3. The van der Waals surface area contributed by atoms with Gasteiger partial charge in [-0.15, -0.1) is 11.6 Å². The van der Waals surface area contributed by atoms with Crippen LogP contribution in [0.1, 0.15) is 45.7 Å². The zero-order chi connectivity index (χ0) is 23.9. The van der Waals surface area contributed by atoms with E-state index in [0.717, 1.165) is 11.1 Å². The molecule has 0 saturated heterocycles. The second-order valence-electron chi connectivity index (χ2n) is 8.84. The number of benzene rings is 2. The molecule has 32 heavy (non-hydrogen) atoms. The van der Waals surface area contributed by atoms with E-state index >= 15 is 0 Å². The minimum Gasteiger partial charge on any atom is -0.491 e. The van der Waals surface area contributed by atoms with Crippen LogP contribution < -0.4 is 9.47 Å². The third-order valence-electron chi connectivity index (χ3n) is 5.14. The Labute approximate surface area is 206 Å². The quantitative estimate of drug-likeness (QED) is 0.326. The highest BCUT2D eigenvalue weighted by atomic mass is 35.5. The maximum atomic E-state index is 9.96. The van der Waals surface area contributed by atoms with E-state index in [0.29, 0.717) is 34.0 Å². The molecule has 4 nitrogen and oxygen atoms in total. The SMILES string of the molecule is CC(C)OC[C@@H](O)COc1ccc(C(C)(C)c2cc(Cl)c(OC[C@H](C)CCl)c(Cl)c2)cc1. The molecule has 0 amide bonds. The van der Waals surface area contributed by atoms with E-state index in [1.165, 1.54) is 0 Å². The summed E-state index contributed by atoms with van der Waals surface area (Å²) in [6.45, 7) is 10.9. The molecule has 2 aromatic rings. The standard InChI is InChI=1S/C25H33Cl3O4/c1-16(2)30-14-20(29)15-31-21-8-6-18(7-9-21)25(4,5)19-10-22(27)24(23(28)11-19)32-13-17(3)12-26/h6-11,16-17,20,29H,12-15H2,1-5H3/t17-,20-/m1/s1. The number of hydrogen-bond donors (Lipinski definition) is 1. The Balaban J connectivity index is 2.09. The number of rotatable bonds is 12. The Morgan fingerprint density at radius 1 is 0.875 bits per heavy atom. The first-order valence-electron chi connectivity index (χ1n) is 10.8. The molecule has 0 aliphatic carbocycles. The van der Waals surface area contributed by atoms with Crippen molar-refractivity contribution in [3.8, 4) is 11.5 Å². The Morgan fingerprint density at radius 3 is 2.00 bits per heavy atom. The molecule has 2 rings (SSSR count). The zero-order valence-corrected chi connectivity index (χ0v) is 21.6. The van der Waals surface area contributed by atoms with E-state index in [1.807, 2.05) is 57.2 Å². The topological polar surface area (TPSA) is 47.9 Å². The van der Waals surface area contributed by atoms with Crippen LogP contribution in [-0.4, -0.2) is 43.0 Å². The molecule has 0 unspecified atom stereocenters. The number of ether oxygens (including phenoxy) is 3. The normalized spacial score (nSPS) is 13.8. The van der Waals surface area contributed by atoms with Gasteiger partial charge >= 0.3 is 0 Å². The highest BCUT2D eigenvalue weighted by molar-refractivity contribution is 6.37. The van der Waals surface area contributed by atoms with Crippen molar-refractivity contribution >= 4 is 34.8 Å². The summed E-state index contributed by atoms with van der Waals surface area (Å²) in [6.07, 6.45) is -0.603. The molecule has 0 spiro atoms. The highest BCUT2D eigenvalue weighted by Crippen LogP contribution is 2.40. The fourth-order valence-corrected chi connectivity index (χ4v) is 3.69. The molecule has 2 aromatic carbocycles. The van der Waals surface area contributed by atoms with Crippen LogP contribution in [0.15, 0.2) is 36.4 Å². The van der Waals surface area contributed by atoms with Crippen LogP contribution in [0.25, 0.3) is 0 Å². The van der Waals surface area contributed by atoms with E-state index in [1.54, 1.807) is 0 Å². The van der Waals surface area contributed by atoms with Crippen molar-refractivity contribution in [2.24, 2.45) is 5.92 Å². The fraction of sp³-hybridized carbons (Fsp3) is 0.520. The molecular formula is C25H33Cl3O4. The van der Waals surface area contributed by atoms with Crippen molar-refractivity contribution in [3.63, 3.8) is 0 Å². The minimum atomic E-state index is -0.675. The second-order valence-corrected chi connectivity index (χ2v) is 9.96. The van der Waals surface area contributed by atoms with Crippen molar-refractivity contribution in [1.82, 2.24) is 0 Å². The van der Waals surface area contributed by atoms with Gasteiger partial charge in [0.15, 0.2) is 5.75 Å². The largest absolute Gasteiger partial charge is 0.491 e. The molecule has 0 heterocycles. The molecular weight excluding hydrogens is 471 g/mol. The van der Waals surface area contributed by atoms with Gasteiger partial charge in [0, 0.05) is 17.2 Å². The van der Waals surface area contributed by atoms with E-state index in [-0.39, 0.29) is 30.7 Å². The minimum absolute atomic E-state index is 0.0722. The summed E-state index contributed by atoms with van der Waals surface area (Å²) in [7, 11) is 0. The molecule has 178 valence electrons. The Hall–Kier alpha value is -1.17. The van der Waals surface area contributed by atoms with Gasteiger partial charge in [-0.25, -0.2) is 0 Å². The van der Waals surface area contributed by atoms with Crippen molar-refractivity contribution < 1.29 is 19.3 Å². The van der Waals surface area contributed by atoms with Gasteiger partial charge in [0.05, 0.1) is 29.4 Å². The molecule has 0 bridgehead atoms. The van der Waals surface area contributed by atoms with Crippen LogP contribution in [0.4, 0.5) is 0 Å². The molecule has 0 radical (unpaired) electrons. The number of halogens is 3.